The summed E-state index contributed by atoms with van der Waals surface area (Å²) in [6.45, 7) is 6.31. The number of carbonyl (C=O) groups excluding carboxylic acids is 1. The lowest BCUT2D eigenvalue weighted by atomic mass is 10.0. The maximum Gasteiger partial charge on any atom is 0.251 e. The number of allylic oxidation sites excluding steroid dienone is 1. The Morgan fingerprint density at radius 3 is 2.59 bits per heavy atom. The number of benzene rings is 2. The Morgan fingerprint density at radius 1 is 1.17 bits per heavy atom. The number of likely N-dealkylation sites (tertiary alicyclic amines) is 1. The molecule has 2 aromatic rings. The van der Waals surface area contributed by atoms with E-state index in [0.717, 1.165) is 43.7 Å². The molecule has 0 aromatic heterocycles. The Balaban J connectivity index is 1.39. The molecule has 0 bridgehead atoms. The lowest BCUT2D eigenvalue weighted by molar-refractivity contribution is 0.0565. The normalized spacial score (nSPS) is 16.2. The average Bonchev–Trinajstić information content (AvgIpc) is 2.75. The number of aliphatic hydroxyl groups is 1. The van der Waals surface area contributed by atoms with Gasteiger partial charge in [-0.2, -0.15) is 0 Å². The van der Waals surface area contributed by atoms with Gasteiger partial charge in [0.05, 0.1) is 0 Å². The molecule has 1 aliphatic rings. The topological polar surface area (TPSA) is 61.8 Å². The zero-order valence-electron chi connectivity index (χ0n) is 16.8. The molecule has 5 nitrogen and oxygen atoms in total. The second-order valence-corrected chi connectivity index (χ2v) is 7.48. The van der Waals surface area contributed by atoms with E-state index < -0.39 is 6.10 Å². The lowest BCUT2D eigenvalue weighted by Crippen LogP contribution is -2.47. The van der Waals surface area contributed by atoms with E-state index >= 15 is 0 Å². The molecule has 154 valence electrons. The van der Waals surface area contributed by atoms with E-state index in [4.69, 9.17) is 4.74 Å². The van der Waals surface area contributed by atoms with Gasteiger partial charge in [-0.25, -0.2) is 0 Å². The molecular formula is C24H30N2O3. The van der Waals surface area contributed by atoms with Crippen molar-refractivity contribution in [1.82, 2.24) is 10.2 Å². The molecular weight excluding hydrogens is 364 g/mol. The quantitative estimate of drug-likeness (QED) is 0.642. The Hall–Kier alpha value is -2.63. The number of para-hydroxylation sites is 1. The monoisotopic (exact) mass is 394 g/mol. The zero-order valence-corrected chi connectivity index (χ0v) is 16.8. The maximum atomic E-state index is 12.3. The predicted molar refractivity (Wildman–Crippen MR) is 115 cm³/mol. The molecule has 2 aromatic carbocycles. The van der Waals surface area contributed by atoms with Gasteiger partial charge < -0.3 is 20.1 Å². The summed E-state index contributed by atoms with van der Waals surface area (Å²) in [7, 11) is 0. The van der Waals surface area contributed by atoms with Crippen molar-refractivity contribution in [1.29, 1.82) is 0 Å². The minimum absolute atomic E-state index is 0.0179. The summed E-state index contributed by atoms with van der Waals surface area (Å²) in [5.74, 6) is 0.782. The number of β-amino-alcohol motifs (C(OH)–C–C–N with tert-alkyl or cyclic N) is 1. The third-order valence-corrected chi connectivity index (χ3v) is 5.20. The Morgan fingerprint density at radius 2 is 1.86 bits per heavy atom. The summed E-state index contributed by atoms with van der Waals surface area (Å²) in [6, 6.07) is 17.3. The number of amides is 1. The summed E-state index contributed by atoms with van der Waals surface area (Å²) < 4.78 is 5.83. The molecule has 2 N–H and O–H groups in total. The first kappa shape index (κ1) is 21.1. The number of aliphatic hydroxyl groups excluding tert-OH is 1. The predicted octanol–water partition coefficient (Wildman–Crippen LogP) is 3.05. The highest BCUT2D eigenvalue weighted by Crippen LogP contribution is 2.19. The summed E-state index contributed by atoms with van der Waals surface area (Å²) in [5.41, 5.74) is 1.77. The highest BCUT2D eigenvalue weighted by molar-refractivity contribution is 5.94. The van der Waals surface area contributed by atoms with Gasteiger partial charge in [-0.1, -0.05) is 42.5 Å². The van der Waals surface area contributed by atoms with Crippen molar-refractivity contribution in [3.8, 4) is 5.75 Å². The van der Waals surface area contributed by atoms with Crippen molar-refractivity contribution in [3.05, 3.63) is 78.4 Å². The van der Waals surface area contributed by atoms with E-state index in [0.29, 0.717) is 12.1 Å². The van der Waals surface area contributed by atoms with Gasteiger partial charge in [0.25, 0.3) is 5.91 Å². The highest BCUT2D eigenvalue weighted by atomic mass is 16.5. The van der Waals surface area contributed by atoms with Gasteiger partial charge in [0.1, 0.15) is 18.5 Å². The molecule has 5 heteroatoms. The van der Waals surface area contributed by atoms with E-state index in [1.54, 1.807) is 0 Å². The molecule has 3 rings (SSSR count). The van der Waals surface area contributed by atoms with Gasteiger partial charge in [0.2, 0.25) is 0 Å². The molecule has 0 unspecified atom stereocenters. The second kappa shape index (κ2) is 10.8. The van der Waals surface area contributed by atoms with Gasteiger partial charge in [-0.05, 0) is 43.0 Å². The van der Waals surface area contributed by atoms with Crippen LogP contribution < -0.4 is 10.1 Å². The van der Waals surface area contributed by atoms with Crippen LogP contribution in [0.5, 0.6) is 5.75 Å². The fraction of sp³-hybridized carbons (Fsp3) is 0.375. The second-order valence-electron chi connectivity index (χ2n) is 7.48. The van der Waals surface area contributed by atoms with Crippen LogP contribution in [0, 0.1) is 0 Å². The fourth-order valence-electron chi connectivity index (χ4n) is 3.62. The zero-order chi connectivity index (χ0) is 20.5. The minimum atomic E-state index is -0.553. The molecule has 1 amide bonds. The lowest BCUT2D eigenvalue weighted by Gasteiger charge is -2.33. The van der Waals surface area contributed by atoms with Crippen LogP contribution in [0.2, 0.25) is 0 Å². The van der Waals surface area contributed by atoms with Crippen LogP contribution in [-0.2, 0) is 6.42 Å². The number of hydrogen-bond acceptors (Lipinski definition) is 4. The van der Waals surface area contributed by atoms with E-state index in [1.165, 1.54) is 0 Å². The third-order valence-electron chi connectivity index (χ3n) is 5.20. The standard InChI is InChI=1S/C24H30N2O3/c1-2-8-19-9-6-7-12-23(19)29-18-22(27)17-26-15-13-21(14-16-26)25-24(28)20-10-4-3-5-11-20/h2-7,9-12,21-22,27H,1,8,13-18H2,(H,25,28)/t22-/m1/s1. The Bertz CT molecular complexity index is 786. The van der Waals surface area contributed by atoms with Crippen LogP contribution in [0.1, 0.15) is 28.8 Å². The number of piperidine rings is 1. The molecule has 29 heavy (non-hydrogen) atoms. The van der Waals surface area contributed by atoms with Crippen LogP contribution in [0.15, 0.2) is 67.3 Å². The number of carbonyl (C=O) groups is 1. The van der Waals surface area contributed by atoms with Crippen molar-refractivity contribution in [2.75, 3.05) is 26.2 Å². The molecule has 0 spiro atoms. The van der Waals surface area contributed by atoms with Gasteiger partial charge in [-0.3, -0.25) is 4.79 Å². The van der Waals surface area contributed by atoms with Crippen LogP contribution in [0.25, 0.3) is 0 Å². The molecule has 1 atom stereocenters. The van der Waals surface area contributed by atoms with Crippen LogP contribution in [0.3, 0.4) is 0 Å². The van der Waals surface area contributed by atoms with E-state index in [9.17, 15) is 9.90 Å². The first-order chi connectivity index (χ1) is 14.2. The molecule has 1 aliphatic heterocycles. The molecule has 0 saturated carbocycles. The summed E-state index contributed by atoms with van der Waals surface area (Å²) >= 11 is 0. The fourth-order valence-corrected chi connectivity index (χ4v) is 3.62. The summed E-state index contributed by atoms with van der Waals surface area (Å²) in [5, 5.41) is 13.5. The highest BCUT2D eigenvalue weighted by Gasteiger charge is 2.22. The largest absolute Gasteiger partial charge is 0.491 e. The van der Waals surface area contributed by atoms with Crippen LogP contribution in [-0.4, -0.2) is 54.3 Å². The van der Waals surface area contributed by atoms with Crippen molar-refractivity contribution in [2.24, 2.45) is 0 Å². The van der Waals surface area contributed by atoms with E-state index in [2.05, 4.69) is 16.8 Å². The van der Waals surface area contributed by atoms with E-state index in [-0.39, 0.29) is 18.6 Å². The molecule has 1 fully saturated rings. The van der Waals surface area contributed by atoms with E-state index in [1.807, 2.05) is 60.7 Å². The first-order valence-corrected chi connectivity index (χ1v) is 10.2. The van der Waals surface area contributed by atoms with Crippen molar-refractivity contribution in [2.45, 2.75) is 31.4 Å². The average molecular weight is 395 g/mol. The third kappa shape index (κ3) is 6.44. The van der Waals surface area contributed by atoms with Crippen LogP contribution in [0.4, 0.5) is 0 Å². The van der Waals surface area contributed by atoms with Crippen molar-refractivity contribution < 1.29 is 14.6 Å². The smallest absolute Gasteiger partial charge is 0.251 e. The minimum Gasteiger partial charge on any atom is -0.491 e. The van der Waals surface area contributed by atoms with Crippen molar-refractivity contribution >= 4 is 5.91 Å². The van der Waals surface area contributed by atoms with Gasteiger partial charge >= 0.3 is 0 Å². The van der Waals surface area contributed by atoms with Gasteiger partial charge in [-0.15, -0.1) is 6.58 Å². The summed E-state index contributed by atoms with van der Waals surface area (Å²) in [6.07, 6.45) is 3.80. The SMILES string of the molecule is C=CCc1ccccc1OC[C@H](O)CN1CCC(NC(=O)c2ccccc2)CC1. The molecule has 0 aliphatic carbocycles. The summed E-state index contributed by atoms with van der Waals surface area (Å²) in [4.78, 5) is 14.5. The number of nitrogens with zero attached hydrogens (tertiary/aromatic N) is 1. The number of ether oxygens (including phenoxy) is 1. The molecule has 0 radical (unpaired) electrons. The number of hydrogen-bond donors (Lipinski definition) is 2. The molecule has 1 saturated heterocycles. The van der Waals surface area contributed by atoms with Gasteiger partial charge in [0, 0.05) is 31.2 Å². The molecule has 1 heterocycles. The number of nitrogens with one attached hydrogen (secondary N) is 1. The first-order valence-electron chi connectivity index (χ1n) is 10.2. The Labute approximate surface area is 173 Å². The van der Waals surface area contributed by atoms with Gasteiger partial charge in [0.15, 0.2) is 0 Å². The van der Waals surface area contributed by atoms with Crippen LogP contribution >= 0.6 is 0 Å². The van der Waals surface area contributed by atoms with Crippen molar-refractivity contribution in [3.63, 3.8) is 0 Å². The Kier molecular flexibility index (Phi) is 7.85. The maximum absolute atomic E-state index is 12.3. The number of rotatable bonds is 9.